The molecule has 0 fully saturated rings. The van der Waals surface area contributed by atoms with E-state index in [9.17, 15) is 4.79 Å². The third kappa shape index (κ3) is 2.68. The average Bonchev–Trinajstić information content (AvgIpc) is 2.43. The second-order valence-corrected chi connectivity index (χ2v) is 4.44. The fraction of sp³-hybridized carbons (Fsp3) is 0.154. The van der Waals surface area contributed by atoms with Gasteiger partial charge in [-0.1, -0.05) is 6.07 Å². The lowest BCUT2D eigenvalue weighted by Crippen LogP contribution is -2.18. The van der Waals surface area contributed by atoms with E-state index in [-0.39, 0.29) is 5.91 Å². The van der Waals surface area contributed by atoms with E-state index < -0.39 is 0 Å². The Hall–Kier alpha value is -1.88. The maximum absolute atomic E-state index is 11.6. The van der Waals surface area contributed by atoms with Gasteiger partial charge in [0.1, 0.15) is 0 Å². The largest absolute Gasteiger partial charge is 0.355 e. The molecule has 1 heterocycles. The number of carbonyl (C=O) groups is 1. The van der Waals surface area contributed by atoms with Crippen LogP contribution in [0.3, 0.4) is 0 Å². The number of likely N-dealkylation sites (N-methyl/N-ethyl adjacent to an activating group) is 1. The number of thioether (sulfide) groups is 1. The van der Waals surface area contributed by atoms with Crippen molar-refractivity contribution in [1.29, 1.82) is 0 Å². The molecule has 1 N–H and O–H groups in total. The molecule has 0 atom stereocenters. The molecule has 0 saturated heterocycles. The number of amides is 1. The van der Waals surface area contributed by atoms with E-state index >= 15 is 0 Å². The monoisotopic (exact) mass is 259 g/mol. The minimum absolute atomic E-state index is 0.0817. The van der Waals surface area contributed by atoms with Gasteiger partial charge in [0.25, 0.3) is 5.91 Å². The fourth-order valence-corrected chi connectivity index (χ4v) is 2.10. The average molecular weight is 259 g/mol. The minimum atomic E-state index is -0.0817. The summed E-state index contributed by atoms with van der Waals surface area (Å²) in [5, 5.41) is 2.62. The van der Waals surface area contributed by atoms with Crippen molar-refractivity contribution >= 4 is 34.8 Å². The van der Waals surface area contributed by atoms with Crippen LogP contribution in [0.1, 0.15) is 5.56 Å². The van der Waals surface area contributed by atoms with Crippen LogP contribution < -0.4 is 5.32 Å². The molecule has 0 spiro atoms. The molecule has 4 nitrogen and oxygen atoms in total. The molecule has 2 aromatic rings. The molecule has 18 heavy (non-hydrogen) atoms. The van der Waals surface area contributed by atoms with Crippen molar-refractivity contribution in [3.05, 3.63) is 41.1 Å². The summed E-state index contributed by atoms with van der Waals surface area (Å²) in [7, 11) is 1.62. The zero-order valence-electron chi connectivity index (χ0n) is 10.2. The molecule has 5 heteroatoms. The number of nitrogens with one attached hydrogen (secondary N) is 1. The van der Waals surface area contributed by atoms with Gasteiger partial charge in [0.2, 0.25) is 0 Å². The van der Waals surface area contributed by atoms with Crippen LogP contribution >= 0.6 is 11.8 Å². The van der Waals surface area contributed by atoms with Gasteiger partial charge in [0, 0.05) is 19.4 Å². The number of carbonyl (C=O) groups excluding carboxylic acids is 1. The lowest BCUT2D eigenvalue weighted by atomic mass is 10.2. The Morgan fingerprint density at radius 1 is 1.28 bits per heavy atom. The zero-order chi connectivity index (χ0) is 13.0. The Morgan fingerprint density at radius 2 is 2.00 bits per heavy atom. The Kier molecular flexibility index (Phi) is 3.94. The molecule has 2 rings (SSSR count). The molecular formula is C13H13N3OS. The van der Waals surface area contributed by atoms with Crippen LogP contribution in [0.2, 0.25) is 0 Å². The summed E-state index contributed by atoms with van der Waals surface area (Å²) in [5.41, 5.74) is 2.61. The maximum Gasteiger partial charge on any atom is 0.257 e. The van der Waals surface area contributed by atoms with E-state index in [0.29, 0.717) is 4.91 Å². The fourth-order valence-electron chi connectivity index (χ4n) is 1.56. The van der Waals surface area contributed by atoms with Crippen molar-refractivity contribution < 1.29 is 4.79 Å². The SMILES string of the molecule is CNC(=O)/C(=C/c1ccc2nccnc2c1)SC. The van der Waals surface area contributed by atoms with Crippen molar-refractivity contribution in [3.63, 3.8) is 0 Å². The lowest BCUT2D eigenvalue weighted by molar-refractivity contribution is -0.116. The van der Waals surface area contributed by atoms with Crippen molar-refractivity contribution in [1.82, 2.24) is 15.3 Å². The zero-order valence-corrected chi connectivity index (χ0v) is 11.0. The highest BCUT2D eigenvalue weighted by atomic mass is 32.2. The predicted molar refractivity (Wildman–Crippen MR) is 75.1 cm³/mol. The molecular weight excluding hydrogens is 246 g/mol. The van der Waals surface area contributed by atoms with Crippen LogP contribution in [0, 0.1) is 0 Å². The number of hydrogen-bond donors (Lipinski definition) is 1. The van der Waals surface area contributed by atoms with Gasteiger partial charge in [0.05, 0.1) is 15.9 Å². The summed E-state index contributed by atoms with van der Waals surface area (Å²) in [6.07, 6.45) is 7.04. The van der Waals surface area contributed by atoms with Gasteiger partial charge in [-0.3, -0.25) is 14.8 Å². The first-order valence-corrected chi connectivity index (χ1v) is 6.65. The van der Waals surface area contributed by atoms with Crippen LogP contribution in [-0.2, 0) is 4.79 Å². The van der Waals surface area contributed by atoms with E-state index in [1.54, 1.807) is 19.4 Å². The number of fused-ring (bicyclic) bond motifs is 1. The maximum atomic E-state index is 11.6. The Morgan fingerprint density at radius 3 is 2.67 bits per heavy atom. The molecule has 0 bridgehead atoms. The molecule has 0 radical (unpaired) electrons. The highest BCUT2D eigenvalue weighted by Gasteiger charge is 2.06. The van der Waals surface area contributed by atoms with Crippen molar-refractivity contribution in [2.45, 2.75) is 0 Å². The first-order valence-electron chi connectivity index (χ1n) is 5.43. The lowest BCUT2D eigenvalue weighted by Gasteiger charge is -2.03. The number of hydrogen-bond acceptors (Lipinski definition) is 4. The molecule has 1 amide bonds. The van der Waals surface area contributed by atoms with Gasteiger partial charge in [-0.05, 0) is 30.0 Å². The topological polar surface area (TPSA) is 54.9 Å². The number of aromatic nitrogens is 2. The van der Waals surface area contributed by atoms with E-state index in [1.807, 2.05) is 30.5 Å². The first-order chi connectivity index (χ1) is 8.74. The van der Waals surface area contributed by atoms with E-state index in [0.717, 1.165) is 16.6 Å². The van der Waals surface area contributed by atoms with Crippen molar-refractivity contribution in [2.75, 3.05) is 13.3 Å². The molecule has 0 aliphatic carbocycles. The normalized spacial score (nSPS) is 11.6. The van der Waals surface area contributed by atoms with Gasteiger partial charge < -0.3 is 5.32 Å². The highest BCUT2D eigenvalue weighted by Crippen LogP contribution is 2.18. The Bertz CT molecular complexity index is 610. The number of rotatable bonds is 3. The Labute approximate surface area is 110 Å². The van der Waals surface area contributed by atoms with Crippen LogP contribution in [0.4, 0.5) is 0 Å². The molecule has 0 aliphatic rings. The molecule has 0 aliphatic heterocycles. The summed E-state index contributed by atoms with van der Waals surface area (Å²) in [6, 6.07) is 5.74. The van der Waals surface area contributed by atoms with Crippen LogP contribution in [0.5, 0.6) is 0 Å². The molecule has 1 aromatic carbocycles. The van der Waals surface area contributed by atoms with Crippen molar-refractivity contribution in [2.24, 2.45) is 0 Å². The van der Waals surface area contributed by atoms with Crippen LogP contribution in [0.15, 0.2) is 35.5 Å². The van der Waals surface area contributed by atoms with Gasteiger partial charge in [-0.2, -0.15) is 0 Å². The van der Waals surface area contributed by atoms with Crippen molar-refractivity contribution in [3.8, 4) is 0 Å². The highest BCUT2D eigenvalue weighted by molar-refractivity contribution is 8.03. The van der Waals surface area contributed by atoms with Crippen LogP contribution in [0.25, 0.3) is 17.1 Å². The summed E-state index contributed by atoms with van der Waals surface area (Å²) in [5.74, 6) is -0.0817. The van der Waals surface area contributed by atoms with Gasteiger partial charge in [0.15, 0.2) is 0 Å². The van der Waals surface area contributed by atoms with E-state index in [4.69, 9.17) is 0 Å². The standard InChI is InChI=1S/C13H13N3OS/c1-14-13(17)12(18-2)8-9-3-4-10-11(7-9)16-6-5-15-10/h3-8H,1-2H3,(H,14,17)/b12-8-. The molecule has 0 saturated carbocycles. The summed E-state index contributed by atoms with van der Waals surface area (Å²) < 4.78 is 0. The van der Waals surface area contributed by atoms with Crippen LogP contribution in [-0.4, -0.2) is 29.2 Å². The van der Waals surface area contributed by atoms with Gasteiger partial charge in [-0.25, -0.2) is 0 Å². The second-order valence-electron chi connectivity index (χ2n) is 3.60. The summed E-state index contributed by atoms with van der Waals surface area (Å²) in [6.45, 7) is 0. The second kappa shape index (κ2) is 5.64. The minimum Gasteiger partial charge on any atom is -0.355 e. The first kappa shape index (κ1) is 12.6. The summed E-state index contributed by atoms with van der Waals surface area (Å²) >= 11 is 1.42. The third-order valence-electron chi connectivity index (χ3n) is 2.46. The predicted octanol–water partition coefficient (Wildman–Crippen LogP) is 2.08. The Balaban J connectivity index is 2.41. The molecule has 0 unspecified atom stereocenters. The van der Waals surface area contributed by atoms with E-state index in [2.05, 4.69) is 15.3 Å². The molecule has 92 valence electrons. The number of benzene rings is 1. The third-order valence-corrected chi connectivity index (χ3v) is 3.20. The number of nitrogens with zero attached hydrogens (tertiary/aromatic N) is 2. The smallest absolute Gasteiger partial charge is 0.257 e. The molecule has 1 aromatic heterocycles. The van der Waals surface area contributed by atoms with Gasteiger partial charge in [-0.15, -0.1) is 11.8 Å². The quantitative estimate of drug-likeness (QED) is 0.857. The van der Waals surface area contributed by atoms with Gasteiger partial charge >= 0.3 is 0 Å². The summed E-state index contributed by atoms with van der Waals surface area (Å²) in [4.78, 5) is 20.7. The van der Waals surface area contributed by atoms with E-state index in [1.165, 1.54) is 11.8 Å².